The monoisotopic (exact) mass is 307 g/mol. The van der Waals surface area contributed by atoms with Crippen LogP contribution < -0.4 is 0 Å². The van der Waals surface area contributed by atoms with Crippen molar-refractivity contribution >= 4 is 0 Å². The number of benzene rings is 2. The molecule has 0 heterocycles. The molecule has 0 aromatic heterocycles. The molecule has 0 radical (unpaired) electrons. The lowest BCUT2D eigenvalue weighted by molar-refractivity contribution is 0.0954. The van der Waals surface area contributed by atoms with Gasteiger partial charge in [0.25, 0.3) is 0 Å². The van der Waals surface area contributed by atoms with Crippen molar-refractivity contribution in [1.82, 2.24) is 4.90 Å². The van der Waals surface area contributed by atoms with E-state index in [0.717, 1.165) is 17.7 Å². The van der Waals surface area contributed by atoms with E-state index < -0.39 is 17.7 Å². The summed E-state index contributed by atoms with van der Waals surface area (Å²) in [6.45, 7) is 1.12. The van der Waals surface area contributed by atoms with Gasteiger partial charge in [-0.25, -0.2) is 8.78 Å². The van der Waals surface area contributed by atoms with Crippen LogP contribution in [-0.4, -0.2) is 34.8 Å². The Morgan fingerprint density at radius 3 is 2.36 bits per heavy atom. The van der Waals surface area contributed by atoms with Crippen molar-refractivity contribution in [3.63, 3.8) is 0 Å². The molecule has 2 aromatic rings. The number of hydrogen-bond donors (Lipinski definition) is 2. The van der Waals surface area contributed by atoms with Crippen LogP contribution in [0.1, 0.15) is 17.2 Å². The minimum absolute atomic E-state index is 0.0443. The molecule has 2 N–H and O–H groups in total. The molecule has 3 nitrogen and oxygen atoms in total. The summed E-state index contributed by atoms with van der Waals surface area (Å²) in [5.74, 6) is -1.92. The quantitative estimate of drug-likeness (QED) is 0.826. The van der Waals surface area contributed by atoms with Gasteiger partial charge in [0.2, 0.25) is 0 Å². The van der Waals surface area contributed by atoms with Crippen LogP contribution in [0.3, 0.4) is 0 Å². The van der Waals surface area contributed by atoms with Gasteiger partial charge in [-0.2, -0.15) is 0 Å². The van der Waals surface area contributed by atoms with Crippen LogP contribution in [0.15, 0.2) is 48.5 Å². The molecule has 0 aliphatic rings. The highest BCUT2D eigenvalue weighted by atomic mass is 19.2. The summed E-state index contributed by atoms with van der Waals surface area (Å²) in [6, 6.07) is 13.0. The number of nitrogens with zero attached hydrogens (tertiary/aromatic N) is 1. The first kappa shape index (κ1) is 16.5. The number of aliphatic hydroxyl groups excluding tert-OH is 2. The maximum atomic E-state index is 13.2. The van der Waals surface area contributed by atoms with Crippen LogP contribution in [0.25, 0.3) is 0 Å². The molecular weight excluding hydrogens is 288 g/mol. The number of halogens is 2. The maximum Gasteiger partial charge on any atom is 0.159 e. The van der Waals surface area contributed by atoms with E-state index in [2.05, 4.69) is 0 Å². The van der Waals surface area contributed by atoms with E-state index in [0.29, 0.717) is 18.7 Å². The second-order valence-corrected chi connectivity index (χ2v) is 5.13. The summed E-state index contributed by atoms with van der Waals surface area (Å²) >= 11 is 0. The van der Waals surface area contributed by atoms with E-state index in [9.17, 15) is 13.9 Å². The third-order valence-corrected chi connectivity index (χ3v) is 3.42. The predicted octanol–water partition coefficient (Wildman–Crippen LogP) is 2.49. The van der Waals surface area contributed by atoms with Crippen molar-refractivity contribution in [2.24, 2.45) is 0 Å². The number of aliphatic hydroxyl groups is 2. The molecule has 0 fully saturated rings. The van der Waals surface area contributed by atoms with Gasteiger partial charge in [-0.3, -0.25) is 4.90 Å². The Morgan fingerprint density at radius 1 is 1.00 bits per heavy atom. The van der Waals surface area contributed by atoms with Gasteiger partial charge in [-0.05, 0) is 23.3 Å². The molecular formula is C17H19F2NO2. The smallest absolute Gasteiger partial charge is 0.159 e. The molecule has 0 spiro atoms. The molecule has 2 rings (SSSR count). The zero-order chi connectivity index (χ0) is 15.9. The highest BCUT2D eigenvalue weighted by molar-refractivity contribution is 5.20. The lowest BCUT2D eigenvalue weighted by atomic mass is 10.1. The first-order valence-electron chi connectivity index (χ1n) is 7.10. The predicted molar refractivity (Wildman–Crippen MR) is 80.1 cm³/mol. The Morgan fingerprint density at radius 2 is 1.73 bits per heavy atom. The number of rotatable bonds is 7. The van der Waals surface area contributed by atoms with Gasteiger partial charge in [0.1, 0.15) is 0 Å². The Kier molecular flexibility index (Phi) is 6.00. The van der Waals surface area contributed by atoms with E-state index in [1.54, 1.807) is 0 Å². The molecule has 0 aliphatic heterocycles. The van der Waals surface area contributed by atoms with E-state index in [4.69, 9.17) is 5.11 Å². The summed E-state index contributed by atoms with van der Waals surface area (Å²) in [7, 11) is 0. The Hall–Kier alpha value is -1.82. The van der Waals surface area contributed by atoms with Crippen LogP contribution in [0, 0.1) is 11.6 Å². The summed E-state index contributed by atoms with van der Waals surface area (Å²) in [5, 5.41) is 19.3. The Balaban J connectivity index is 2.04. The normalized spacial score (nSPS) is 12.6. The molecule has 1 atom stereocenters. The van der Waals surface area contributed by atoms with Crippen LogP contribution in [0.4, 0.5) is 8.78 Å². The molecule has 0 saturated heterocycles. The first-order chi connectivity index (χ1) is 10.6. The fourth-order valence-electron chi connectivity index (χ4n) is 2.29. The average Bonchev–Trinajstić information content (AvgIpc) is 2.51. The van der Waals surface area contributed by atoms with Crippen molar-refractivity contribution in [1.29, 1.82) is 0 Å². The van der Waals surface area contributed by atoms with Crippen LogP contribution in [0.5, 0.6) is 0 Å². The molecule has 0 saturated carbocycles. The minimum atomic E-state index is -0.978. The SMILES string of the molecule is OCCN(Cc1ccccc1)CC(O)c1ccc(F)c(F)c1. The van der Waals surface area contributed by atoms with Gasteiger partial charge < -0.3 is 10.2 Å². The summed E-state index contributed by atoms with van der Waals surface area (Å²) < 4.78 is 26.2. The molecule has 0 aliphatic carbocycles. The number of hydrogen-bond acceptors (Lipinski definition) is 3. The molecule has 22 heavy (non-hydrogen) atoms. The third kappa shape index (κ3) is 4.59. The van der Waals surface area contributed by atoms with E-state index in [1.807, 2.05) is 35.2 Å². The van der Waals surface area contributed by atoms with Gasteiger partial charge in [0, 0.05) is 19.6 Å². The molecule has 0 amide bonds. The molecule has 5 heteroatoms. The van der Waals surface area contributed by atoms with Gasteiger partial charge in [-0.15, -0.1) is 0 Å². The highest BCUT2D eigenvalue weighted by Crippen LogP contribution is 2.18. The minimum Gasteiger partial charge on any atom is -0.395 e. The zero-order valence-corrected chi connectivity index (χ0v) is 12.1. The van der Waals surface area contributed by atoms with Gasteiger partial charge >= 0.3 is 0 Å². The van der Waals surface area contributed by atoms with Crippen molar-refractivity contribution in [2.45, 2.75) is 12.6 Å². The maximum absolute atomic E-state index is 13.2. The third-order valence-electron chi connectivity index (χ3n) is 3.42. The summed E-state index contributed by atoms with van der Waals surface area (Å²) in [5.41, 5.74) is 1.36. The van der Waals surface area contributed by atoms with Crippen molar-refractivity contribution in [2.75, 3.05) is 19.7 Å². The van der Waals surface area contributed by atoms with Gasteiger partial charge in [0.05, 0.1) is 12.7 Å². The fraction of sp³-hybridized carbons (Fsp3) is 0.294. The summed E-state index contributed by atoms with van der Waals surface area (Å²) in [4.78, 5) is 1.86. The van der Waals surface area contributed by atoms with E-state index in [-0.39, 0.29) is 13.2 Å². The summed E-state index contributed by atoms with van der Waals surface area (Å²) in [6.07, 6.45) is -0.953. The van der Waals surface area contributed by atoms with Crippen LogP contribution in [-0.2, 0) is 6.54 Å². The van der Waals surface area contributed by atoms with Gasteiger partial charge in [-0.1, -0.05) is 36.4 Å². The standard InChI is InChI=1S/C17H19F2NO2/c18-15-7-6-14(10-16(15)19)17(22)12-20(8-9-21)11-13-4-2-1-3-5-13/h1-7,10,17,21-22H,8-9,11-12H2. The lowest BCUT2D eigenvalue weighted by Gasteiger charge is -2.24. The zero-order valence-electron chi connectivity index (χ0n) is 12.1. The molecule has 2 aromatic carbocycles. The van der Waals surface area contributed by atoms with Crippen molar-refractivity contribution in [3.8, 4) is 0 Å². The molecule has 1 unspecified atom stereocenters. The highest BCUT2D eigenvalue weighted by Gasteiger charge is 2.15. The topological polar surface area (TPSA) is 43.7 Å². The van der Waals surface area contributed by atoms with Crippen molar-refractivity contribution < 1.29 is 19.0 Å². The molecule has 118 valence electrons. The van der Waals surface area contributed by atoms with Crippen molar-refractivity contribution in [3.05, 3.63) is 71.3 Å². The Labute approximate surface area is 128 Å². The van der Waals surface area contributed by atoms with Gasteiger partial charge in [0.15, 0.2) is 11.6 Å². The van der Waals surface area contributed by atoms with Crippen LogP contribution in [0.2, 0.25) is 0 Å². The van der Waals surface area contributed by atoms with E-state index >= 15 is 0 Å². The largest absolute Gasteiger partial charge is 0.395 e. The van der Waals surface area contributed by atoms with Crippen LogP contribution >= 0.6 is 0 Å². The van der Waals surface area contributed by atoms with E-state index in [1.165, 1.54) is 6.07 Å². The molecule has 0 bridgehead atoms. The second kappa shape index (κ2) is 7.98. The average molecular weight is 307 g/mol. The first-order valence-corrected chi connectivity index (χ1v) is 7.10. The second-order valence-electron chi connectivity index (χ2n) is 5.13. The fourth-order valence-corrected chi connectivity index (χ4v) is 2.29. The lowest BCUT2D eigenvalue weighted by Crippen LogP contribution is -2.31. The Bertz CT molecular complexity index is 592.